The van der Waals surface area contributed by atoms with Gasteiger partial charge in [0.2, 0.25) is 0 Å². The molecule has 0 unspecified atom stereocenters. The van der Waals surface area contributed by atoms with Crippen LogP contribution in [0.5, 0.6) is 0 Å². The zero-order valence-corrected chi connectivity index (χ0v) is 12.8. The maximum absolute atomic E-state index is 10.1. The molecule has 2 heterocycles. The standard InChI is InChI=1S/C15H17ClN3O4/c16-9-3-1-8(2-4-9)5-10-14(17)19(7-18-10)15-13(22)12(21)11(6-20)23-15/h1-5,7,11-13,15,20-22H,6,17H2/t11-,12-,13-,15-/m1/s1. The van der Waals surface area contributed by atoms with Gasteiger partial charge in [-0.1, -0.05) is 23.7 Å². The van der Waals surface area contributed by atoms with Crippen molar-refractivity contribution >= 4 is 17.4 Å². The number of hydrogen-bond acceptors (Lipinski definition) is 6. The number of hydrogen-bond donors (Lipinski definition) is 4. The highest BCUT2D eigenvalue weighted by Gasteiger charge is 2.44. The Hall–Kier alpha value is -1.64. The highest BCUT2D eigenvalue weighted by Crippen LogP contribution is 2.32. The second-order valence-electron chi connectivity index (χ2n) is 5.35. The summed E-state index contributed by atoms with van der Waals surface area (Å²) in [4.78, 5) is 4.20. The van der Waals surface area contributed by atoms with Crippen LogP contribution in [-0.2, 0) is 4.74 Å². The number of anilines is 1. The van der Waals surface area contributed by atoms with E-state index in [2.05, 4.69) is 4.98 Å². The third kappa shape index (κ3) is 3.06. The van der Waals surface area contributed by atoms with E-state index in [1.807, 2.05) is 12.1 Å². The van der Waals surface area contributed by atoms with Crippen LogP contribution in [0.4, 0.5) is 5.82 Å². The number of nitrogen functional groups attached to an aromatic ring is 1. The molecule has 0 saturated carbocycles. The number of halogens is 1. The summed E-state index contributed by atoms with van der Waals surface area (Å²) >= 11 is 5.85. The van der Waals surface area contributed by atoms with Gasteiger partial charge in [-0.2, -0.15) is 0 Å². The highest BCUT2D eigenvalue weighted by molar-refractivity contribution is 6.30. The molecule has 123 valence electrons. The number of ether oxygens (including phenoxy) is 1. The molecule has 1 aromatic carbocycles. The fourth-order valence-electron chi connectivity index (χ4n) is 2.53. The van der Waals surface area contributed by atoms with E-state index in [-0.39, 0.29) is 5.82 Å². The van der Waals surface area contributed by atoms with E-state index in [1.165, 1.54) is 10.9 Å². The minimum Gasteiger partial charge on any atom is -0.394 e. The number of rotatable bonds is 4. The monoisotopic (exact) mass is 338 g/mol. The van der Waals surface area contributed by atoms with Crippen LogP contribution in [0.15, 0.2) is 30.6 Å². The number of aromatic nitrogens is 2. The van der Waals surface area contributed by atoms with Crippen molar-refractivity contribution in [2.24, 2.45) is 0 Å². The molecule has 8 heteroatoms. The number of nitrogens with two attached hydrogens (primary N) is 1. The van der Waals surface area contributed by atoms with Crippen LogP contribution < -0.4 is 5.73 Å². The quantitative estimate of drug-likeness (QED) is 0.639. The lowest BCUT2D eigenvalue weighted by Gasteiger charge is -2.17. The Balaban J connectivity index is 1.81. The van der Waals surface area contributed by atoms with E-state index in [4.69, 9.17) is 27.2 Å². The van der Waals surface area contributed by atoms with E-state index < -0.39 is 31.1 Å². The van der Waals surface area contributed by atoms with E-state index in [1.54, 1.807) is 18.6 Å². The molecule has 1 radical (unpaired) electrons. The van der Waals surface area contributed by atoms with Crippen molar-refractivity contribution in [3.8, 4) is 0 Å². The maximum Gasteiger partial charge on any atom is 0.165 e. The molecule has 3 rings (SSSR count). The summed E-state index contributed by atoms with van der Waals surface area (Å²) in [6.07, 6.45) is -0.953. The molecule has 2 aromatic rings. The van der Waals surface area contributed by atoms with Crippen LogP contribution >= 0.6 is 11.6 Å². The third-order valence-corrected chi connectivity index (χ3v) is 4.08. The molecule has 0 amide bonds. The van der Waals surface area contributed by atoms with Crippen LogP contribution in [-0.4, -0.2) is 49.8 Å². The first-order valence-corrected chi connectivity index (χ1v) is 7.44. The fraction of sp³-hybridized carbons (Fsp3) is 0.333. The van der Waals surface area contributed by atoms with Crippen molar-refractivity contribution in [3.05, 3.63) is 53.3 Å². The zero-order chi connectivity index (χ0) is 16.6. The normalized spacial score (nSPS) is 27.5. The lowest BCUT2D eigenvalue weighted by molar-refractivity contribution is -0.0518. The molecule has 1 aliphatic heterocycles. The second-order valence-corrected chi connectivity index (χ2v) is 5.78. The number of nitrogens with zero attached hydrogens (tertiary/aromatic N) is 2. The molecular weight excluding hydrogens is 322 g/mol. The van der Waals surface area contributed by atoms with Crippen LogP contribution in [0.2, 0.25) is 5.02 Å². The Kier molecular flexibility index (Phi) is 4.56. The lowest BCUT2D eigenvalue weighted by Crippen LogP contribution is -2.33. The number of imidazole rings is 1. The van der Waals surface area contributed by atoms with Gasteiger partial charge >= 0.3 is 0 Å². The first-order valence-electron chi connectivity index (χ1n) is 7.06. The first kappa shape index (κ1) is 16.2. The van der Waals surface area contributed by atoms with Crippen LogP contribution in [0, 0.1) is 6.42 Å². The van der Waals surface area contributed by atoms with Crippen molar-refractivity contribution in [1.82, 2.24) is 9.55 Å². The Morgan fingerprint density at radius 1 is 1.26 bits per heavy atom. The summed E-state index contributed by atoms with van der Waals surface area (Å²) < 4.78 is 6.88. The summed E-state index contributed by atoms with van der Waals surface area (Å²) in [5.74, 6) is 0.287. The highest BCUT2D eigenvalue weighted by atomic mass is 35.5. The van der Waals surface area contributed by atoms with Crippen molar-refractivity contribution < 1.29 is 20.1 Å². The van der Waals surface area contributed by atoms with Gasteiger partial charge < -0.3 is 25.8 Å². The van der Waals surface area contributed by atoms with Gasteiger partial charge in [0.1, 0.15) is 24.1 Å². The van der Waals surface area contributed by atoms with Gasteiger partial charge in [0.25, 0.3) is 0 Å². The molecule has 4 atom stereocenters. The van der Waals surface area contributed by atoms with E-state index >= 15 is 0 Å². The number of aliphatic hydroxyl groups is 3. The summed E-state index contributed by atoms with van der Waals surface area (Å²) in [5.41, 5.74) is 7.44. The molecule has 0 aliphatic carbocycles. The van der Waals surface area contributed by atoms with Crippen LogP contribution in [0.3, 0.4) is 0 Å². The average molecular weight is 339 g/mol. The van der Waals surface area contributed by atoms with Crippen molar-refractivity contribution in [1.29, 1.82) is 0 Å². The zero-order valence-electron chi connectivity index (χ0n) is 12.1. The predicted octanol–water partition coefficient (Wildman–Crippen LogP) is 0.331. The van der Waals surface area contributed by atoms with Gasteiger partial charge in [-0.25, -0.2) is 4.98 Å². The minimum absolute atomic E-state index is 0.287. The summed E-state index contributed by atoms with van der Waals surface area (Å²) in [6, 6.07) is 7.17. The SMILES string of the molecule is Nc1c([CH]c2ccc(Cl)cc2)ncn1[C@@H]1O[C@H](CO)[C@@H](O)[C@H]1O. The summed E-state index contributed by atoms with van der Waals surface area (Å²) in [6.45, 7) is -0.396. The van der Waals surface area contributed by atoms with E-state index in [0.717, 1.165) is 5.56 Å². The molecule has 0 bridgehead atoms. The molecule has 5 N–H and O–H groups in total. The molecule has 1 fully saturated rings. The van der Waals surface area contributed by atoms with Gasteiger partial charge in [0, 0.05) is 11.4 Å². The molecular formula is C15H17ClN3O4. The van der Waals surface area contributed by atoms with Gasteiger partial charge in [-0.05, 0) is 17.7 Å². The Bertz CT molecular complexity index is 676. The second kappa shape index (κ2) is 6.46. The molecule has 0 spiro atoms. The van der Waals surface area contributed by atoms with Crippen molar-refractivity contribution in [2.75, 3.05) is 12.3 Å². The predicted molar refractivity (Wildman–Crippen MR) is 83.6 cm³/mol. The Morgan fingerprint density at radius 3 is 2.57 bits per heavy atom. The Morgan fingerprint density at radius 2 is 1.96 bits per heavy atom. The molecule has 1 aromatic heterocycles. The van der Waals surface area contributed by atoms with Gasteiger partial charge in [0.15, 0.2) is 6.23 Å². The fourth-order valence-corrected chi connectivity index (χ4v) is 2.65. The van der Waals surface area contributed by atoms with Gasteiger partial charge in [0.05, 0.1) is 18.6 Å². The van der Waals surface area contributed by atoms with E-state index in [9.17, 15) is 10.2 Å². The van der Waals surface area contributed by atoms with Crippen LogP contribution in [0.25, 0.3) is 0 Å². The topological polar surface area (TPSA) is 114 Å². The Labute approximate surface area is 137 Å². The molecule has 1 saturated heterocycles. The maximum atomic E-state index is 10.1. The molecule has 1 aliphatic rings. The van der Waals surface area contributed by atoms with Gasteiger partial charge in [-0.3, -0.25) is 4.57 Å². The summed E-state index contributed by atoms with van der Waals surface area (Å²) in [7, 11) is 0. The first-order chi connectivity index (χ1) is 11.0. The average Bonchev–Trinajstić information content (AvgIpc) is 3.03. The van der Waals surface area contributed by atoms with Crippen molar-refractivity contribution in [3.63, 3.8) is 0 Å². The number of aliphatic hydroxyl groups excluding tert-OH is 3. The molecule has 23 heavy (non-hydrogen) atoms. The molecule has 7 nitrogen and oxygen atoms in total. The van der Waals surface area contributed by atoms with E-state index in [0.29, 0.717) is 10.7 Å². The smallest absolute Gasteiger partial charge is 0.165 e. The summed E-state index contributed by atoms with van der Waals surface area (Å²) in [5, 5.41) is 29.6. The lowest BCUT2D eigenvalue weighted by atomic mass is 10.1. The third-order valence-electron chi connectivity index (χ3n) is 3.83. The van der Waals surface area contributed by atoms with Crippen LogP contribution in [0.1, 0.15) is 17.5 Å². The number of benzene rings is 1. The minimum atomic E-state index is -1.20. The largest absolute Gasteiger partial charge is 0.394 e. The van der Waals surface area contributed by atoms with Gasteiger partial charge in [-0.15, -0.1) is 0 Å². The van der Waals surface area contributed by atoms with Crippen molar-refractivity contribution in [2.45, 2.75) is 24.5 Å².